The number of rotatable bonds is 13. The molecule has 2 aliphatic heterocycles. The van der Waals surface area contributed by atoms with Crippen LogP contribution in [0.1, 0.15) is 38.4 Å². The summed E-state index contributed by atoms with van der Waals surface area (Å²) in [6.07, 6.45) is 5.93. The summed E-state index contributed by atoms with van der Waals surface area (Å²) < 4.78 is 10.2. The average Bonchev–Trinajstić information content (AvgIpc) is 3.44. The van der Waals surface area contributed by atoms with E-state index < -0.39 is 56.6 Å². The number of halogens is 3. The molecule has 1 aromatic rings. The molecule has 0 saturated carbocycles. The fraction of sp³-hybridized carbons (Fsp3) is 0.640. The highest BCUT2D eigenvalue weighted by Gasteiger charge is 2.68. The van der Waals surface area contributed by atoms with Crippen LogP contribution in [0.25, 0.3) is 0 Å². The Bertz CT molecular complexity index is 1360. The van der Waals surface area contributed by atoms with E-state index in [-0.39, 0.29) is 42.2 Å². The fourth-order valence-corrected chi connectivity index (χ4v) is 7.96. The molecule has 2 saturated heterocycles. The summed E-state index contributed by atoms with van der Waals surface area (Å²) >= 11 is 19.4. The summed E-state index contributed by atoms with van der Waals surface area (Å²) in [5, 5.41) is 34.1. The van der Waals surface area contributed by atoms with Gasteiger partial charge in [-0.05, 0) is 40.8 Å². The first-order valence-electron chi connectivity index (χ1n) is 13.5. The number of carboxylic acids is 1. The number of carbonyl (C=O) groups excluding carboxylic acids is 3. The maximum atomic E-state index is 13.7. The number of unbranched alkanes of at least 4 members (excludes halogenated alkanes) is 1. The largest absolute Gasteiger partial charge is 0.512 e. The Morgan fingerprint density at radius 1 is 1.30 bits per heavy atom. The number of nitrogens with zero attached hydrogens (tertiary/aromatic N) is 5. The third kappa shape index (κ3) is 7.09. The first-order chi connectivity index (χ1) is 20.8. The average molecular weight is 714 g/mol. The lowest BCUT2D eigenvalue weighted by molar-refractivity contribution is -0.201. The number of thioether (sulfide) groups is 1. The van der Waals surface area contributed by atoms with Crippen molar-refractivity contribution in [1.82, 2.24) is 29.8 Å². The predicted molar refractivity (Wildman–Crippen MR) is 163 cm³/mol. The van der Waals surface area contributed by atoms with Crippen molar-refractivity contribution in [3.8, 4) is 0 Å². The molecule has 2 fully saturated rings. The predicted octanol–water partition coefficient (Wildman–Crippen LogP) is 2.65. The van der Waals surface area contributed by atoms with E-state index in [1.54, 1.807) is 12.2 Å². The molecule has 3 aliphatic rings. The van der Waals surface area contributed by atoms with Gasteiger partial charge < -0.3 is 29.9 Å². The van der Waals surface area contributed by atoms with Gasteiger partial charge in [-0.2, -0.15) is 4.09 Å². The molecule has 0 radical (unpaired) electrons. The van der Waals surface area contributed by atoms with E-state index in [1.165, 1.54) is 16.1 Å². The number of aliphatic hydroxyl groups is 1. The smallest absolute Gasteiger partial charge is 0.323 e. The van der Waals surface area contributed by atoms with E-state index in [0.717, 1.165) is 36.6 Å². The number of esters is 1. The molecule has 44 heavy (non-hydrogen) atoms. The summed E-state index contributed by atoms with van der Waals surface area (Å²) in [6.45, 7) is 1.21. The minimum Gasteiger partial charge on any atom is -0.512 e. The van der Waals surface area contributed by atoms with Crippen LogP contribution in [0, 0.1) is 11.3 Å². The van der Waals surface area contributed by atoms with Crippen molar-refractivity contribution in [1.29, 1.82) is 0 Å². The Balaban J connectivity index is 1.51. The number of aryl methyl sites for hydroxylation is 1. The molecule has 14 nitrogen and oxygen atoms in total. The van der Waals surface area contributed by atoms with E-state index in [9.17, 15) is 29.4 Å². The quantitative estimate of drug-likeness (QED) is 0.0677. The fourth-order valence-electron chi connectivity index (χ4n) is 4.98. The lowest BCUT2D eigenvalue weighted by atomic mass is 9.87. The van der Waals surface area contributed by atoms with Crippen LogP contribution < -0.4 is 5.32 Å². The van der Waals surface area contributed by atoms with E-state index >= 15 is 0 Å². The number of nitrogens with one attached hydrogen (secondary N) is 1. The molecule has 4 atom stereocenters. The van der Waals surface area contributed by atoms with Gasteiger partial charge in [-0.1, -0.05) is 60.3 Å². The molecule has 4 rings (SSSR count). The minimum atomic E-state index is -1.95. The molecule has 3 unspecified atom stereocenters. The number of carboxylic acid groups (broad SMARTS) is 1. The van der Waals surface area contributed by atoms with Gasteiger partial charge in [-0.25, -0.2) is 0 Å². The van der Waals surface area contributed by atoms with E-state index in [4.69, 9.17) is 44.3 Å². The van der Waals surface area contributed by atoms with Crippen molar-refractivity contribution in [2.75, 3.05) is 31.8 Å². The maximum Gasteiger partial charge on any atom is 0.323 e. The normalized spacial score (nSPS) is 25.7. The number of fused-ring (bicyclic) bond motifs is 1. The van der Waals surface area contributed by atoms with E-state index in [0.29, 0.717) is 12.2 Å². The SMILES string of the molecule is CCCCc1nnnn1SCC1(C(=O)O)CS[C@H]2N(C1)C(=O)C2(NC(=O)C(C(=O)OCC(Cl)(Cl)Cl)C1=C(O)CC=CC1)OC. The summed E-state index contributed by atoms with van der Waals surface area (Å²) in [5.74, 6) is -4.99. The molecular formula is C25H31Cl3N6O8S2. The Morgan fingerprint density at radius 2 is 2.02 bits per heavy atom. The molecule has 3 heterocycles. The van der Waals surface area contributed by atoms with Crippen molar-refractivity contribution in [3.63, 3.8) is 0 Å². The number of alkyl halides is 3. The van der Waals surface area contributed by atoms with Crippen LogP contribution in [0.15, 0.2) is 23.5 Å². The molecular weight excluding hydrogens is 683 g/mol. The molecule has 0 spiro atoms. The zero-order valence-corrected chi connectivity index (χ0v) is 27.6. The number of carbonyl (C=O) groups is 4. The van der Waals surface area contributed by atoms with Gasteiger partial charge in [0.15, 0.2) is 11.7 Å². The number of methoxy groups -OCH3 is 1. The van der Waals surface area contributed by atoms with Crippen LogP contribution in [-0.4, -0.2) is 105 Å². The summed E-state index contributed by atoms with van der Waals surface area (Å²) in [7, 11) is 1.22. The third-order valence-electron chi connectivity index (χ3n) is 7.41. The topological polar surface area (TPSA) is 186 Å². The molecule has 0 aromatic carbocycles. The van der Waals surface area contributed by atoms with Crippen molar-refractivity contribution in [3.05, 3.63) is 29.3 Å². The Morgan fingerprint density at radius 3 is 2.66 bits per heavy atom. The molecule has 242 valence electrons. The first-order valence-corrected chi connectivity index (χ1v) is 16.6. The van der Waals surface area contributed by atoms with Gasteiger partial charge in [0.2, 0.25) is 9.70 Å². The van der Waals surface area contributed by atoms with Crippen molar-refractivity contribution < 1.29 is 38.9 Å². The van der Waals surface area contributed by atoms with Crippen molar-refractivity contribution >= 4 is 82.3 Å². The number of aliphatic hydroxyl groups excluding tert-OH is 1. The van der Waals surface area contributed by atoms with E-state index in [1.807, 2.05) is 6.92 Å². The Kier molecular flexibility index (Phi) is 11.0. The number of hydrogen-bond donors (Lipinski definition) is 3. The monoisotopic (exact) mass is 712 g/mol. The van der Waals surface area contributed by atoms with Gasteiger partial charge in [0, 0.05) is 38.0 Å². The van der Waals surface area contributed by atoms with Crippen molar-refractivity contribution in [2.45, 2.75) is 53.9 Å². The molecule has 19 heteroatoms. The molecule has 2 amide bonds. The summed E-state index contributed by atoms with van der Waals surface area (Å²) in [5.41, 5.74) is -3.20. The van der Waals surface area contributed by atoms with E-state index in [2.05, 4.69) is 20.8 Å². The Hall–Kier alpha value is -2.24. The molecule has 0 bridgehead atoms. The second kappa shape index (κ2) is 14.0. The van der Waals surface area contributed by atoms with Crippen LogP contribution in [0.2, 0.25) is 0 Å². The number of β-lactam (4-membered cyclic amide) rings is 1. The molecule has 3 N–H and O–H groups in total. The van der Waals surface area contributed by atoms with Gasteiger partial charge in [-0.3, -0.25) is 19.2 Å². The standard InChI is InChI=1S/C25H31Cl3N6O8S2/c1-3-4-9-16-30-31-32-34(16)44-13-23(22(39)40)10-33-20(38)25(41-2,21(33)43-12-23)29-18(36)17(14-7-5-6-8-15(14)35)19(37)42-11-24(26,27)28/h5-6,17,21,35H,3-4,7-13H2,1-2H3,(H,29,36)(H,39,40)/t17?,21-,23?,25?/m1/s1. The van der Waals surface area contributed by atoms with Gasteiger partial charge in [0.25, 0.3) is 11.6 Å². The lowest BCUT2D eigenvalue weighted by Crippen LogP contribution is -2.83. The lowest BCUT2D eigenvalue weighted by Gasteiger charge is -2.58. The number of amides is 2. The first kappa shape index (κ1) is 34.6. The number of aromatic nitrogens is 4. The molecule has 1 aliphatic carbocycles. The second-order valence-electron chi connectivity index (χ2n) is 10.5. The van der Waals surface area contributed by atoms with Crippen molar-refractivity contribution in [2.24, 2.45) is 11.3 Å². The summed E-state index contributed by atoms with van der Waals surface area (Å²) in [4.78, 5) is 54.2. The highest BCUT2D eigenvalue weighted by atomic mass is 35.6. The number of ether oxygens (including phenoxy) is 2. The number of hydrogen-bond acceptors (Lipinski definition) is 12. The van der Waals surface area contributed by atoms with Crippen LogP contribution in [0.3, 0.4) is 0 Å². The number of aliphatic carboxylic acids is 1. The third-order valence-corrected chi connectivity index (χ3v) is 10.6. The van der Waals surface area contributed by atoms with Gasteiger partial charge in [0.1, 0.15) is 17.4 Å². The minimum absolute atomic E-state index is 0.0608. The van der Waals surface area contributed by atoms with Crippen LogP contribution in [0.4, 0.5) is 0 Å². The van der Waals surface area contributed by atoms with Crippen LogP contribution >= 0.6 is 58.5 Å². The Labute approximate surface area is 276 Å². The highest BCUT2D eigenvalue weighted by Crippen LogP contribution is 2.48. The summed E-state index contributed by atoms with van der Waals surface area (Å²) in [6, 6.07) is 0. The zero-order chi connectivity index (χ0) is 32.3. The number of allylic oxidation sites excluding steroid dienone is 2. The van der Waals surface area contributed by atoms with Crippen LogP contribution in [-0.2, 0) is 35.1 Å². The number of tetrazole rings is 1. The maximum absolute atomic E-state index is 13.7. The highest BCUT2D eigenvalue weighted by molar-refractivity contribution is 8.00. The van der Waals surface area contributed by atoms with Crippen LogP contribution in [0.5, 0.6) is 0 Å². The second-order valence-corrected chi connectivity index (χ2v) is 14.9. The van der Waals surface area contributed by atoms with Gasteiger partial charge >= 0.3 is 11.9 Å². The zero-order valence-electron chi connectivity index (χ0n) is 23.7. The molecule has 1 aromatic heterocycles. The van der Waals surface area contributed by atoms with Gasteiger partial charge in [0.05, 0.1) is 5.76 Å². The van der Waals surface area contributed by atoms with Gasteiger partial charge in [-0.15, -0.1) is 16.9 Å².